The number of hydrogen-bond donors (Lipinski definition) is 9. The van der Waals surface area contributed by atoms with Crippen molar-refractivity contribution in [3.63, 3.8) is 0 Å². The van der Waals surface area contributed by atoms with Crippen LogP contribution in [-0.2, 0) is 14.2 Å². The molecule has 2 saturated heterocycles. The van der Waals surface area contributed by atoms with Gasteiger partial charge in [-0.2, -0.15) is 0 Å². The second kappa shape index (κ2) is 26.8. The number of unbranched alkanes of at least 4 members (excludes halogenated alkanes) is 13. The van der Waals surface area contributed by atoms with E-state index in [0.717, 1.165) is 12.2 Å². The van der Waals surface area contributed by atoms with Crippen molar-refractivity contribution in [3.8, 4) is 0 Å². The van der Waals surface area contributed by atoms with Crippen molar-refractivity contribution in [2.24, 2.45) is 0 Å². The van der Waals surface area contributed by atoms with Crippen LogP contribution in [0.5, 0.6) is 0 Å². The number of anilines is 1. The van der Waals surface area contributed by atoms with Gasteiger partial charge in [0.25, 0.3) is 0 Å². The molecule has 10 atom stereocenters. The molecule has 2 aliphatic heterocycles. The van der Waals surface area contributed by atoms with Crippen LogP contribution in [0.15, 0.2) is 24.3 Å². The Morgan fingerprint density at radius 1 is 0.680 bits per heavy atom. The molecule has 0 amide bonds. The largest absolute Gasteiger partial charge is 1.00 e. The average Bonchev–Trinajstić information content (AvgIpc) is 3.10. The minimum absolute atomic E-state index is 0. The summed E-state index contributed by atoms with van der Waals surface area (Å²) < 4.78 is 15.3. The van der Waals surface area contributed by atoms with Crippen molar-refractivity contribution in [3.05, 3.63) is 29.8 Å². The van der Waals surface area contributed by atoms with E-state index in [1.54, 1.807) is 24.3 Å². The molecule has 0 aromatic heterocycles. The Morgan fingerprint density at radius 3 is 1.66 bits per heavy atom. The third-order valence-corrected chi connectivity index (χ3v) is 8.96. The van der Waals surface area contributed by atoms with Gasteiger partial charge in [-0.05, 0) is 24.1 Å². The fourth-order valence-electron chi connectivity index (χ4n) is 5.85. The van der Waals surface area contributed by atoms with Crippen LogP contribution in [0.1, 0.15) is 107 Å². The Balaban J connectivity index is 0.000000493. The molecule has 0 saturated carbocycles. The number of carboxylic acid groups (broad SMARTS) is 1. The number of hydrogen-bond acceptors (Lipinski definition) is 14. The predicted molar refractivity (Wildman–Crippen MR) is 178 cm³/mol. The summed E-state index contributed by atoms with van der Waals surface area (Å²) in [5.41, 5.74) is 1.21. The van der Waals surface area contributed by atoms with E-state index in [0.29, 0.717) is 0 Å². The Morgan fingerprint density at radius 2 is 1.18 bits per heavy atom. The smallest absolute Gasteiger partial charge is 0.545 e. The van der Waals surface area contributed by atoms with Crippen LogP contribution in [0.4, 0.5) is 5.69 Å². The van der Waals surface area contributed by atoms with E-state index in [2.05, 4.69) is 12.2 Å². The number of aliphatic hydroxyl groups is 8. The van der Waals surface area contributed by atoms with E-state index >= 15 is 0 Å². The van der Waals surface area contributed by atoms with Gasteiger partial charge in [-0.3, -0.25) is 0 Å². The molecule has 1 aromatic rings. The molecule has 0 radical (unpaired) electrons. The topological polar surface area (TPSA) is 242 Å². The number of ether oxygens (including phenoxy) is 3. The molecule has 0 aliphatic carbocycles. The van der Waals surface area contributed by atoms with Crippen molar-refractivity contribution >= 4 is 11.7 Å². The van der Waals surface area contributed by atoms with Crippen molar-refractivity contribution in [1.82, 2.24) is 0 Å². The summed E-state index contributed by atoms with van der Waals surface area (Å²) in [5.74, 6) is -1.12. The van der Waals surface area contributed by atoms with Gasteiger partial charge >= 0.3 is 29.6 Å². The Hall–Kier alpha value is -0.950. The number of aromatic carboxylic acids is 1. The fourth-order valence-corrected chi connectivity index (χ4v) is 5.85. The second-order valence-corrected chi connectivity index (χ2v) is 12.9. The molecule has 2 heterocycles. The second-order valence-electron chi connectivity index (χ2n) is 12.9. The van der Waals surface area contributed by atoms with E-state index in [-0.39, 0.29) is 35.1 Å². The molecule has 50 heavy (non-hydrogen) atoms. The maximum Gasteiger partial charge on any atom is 1.00 e. The van der Waals surface area contributed by atoms with Crippen LogP contribution in [0.25, 0.3) is 0 Å². The van der Waals surface area contributed by atoms with Gasteiger partial charge in [0, 0.05) is 12.2 Å². The van der Waals surface area contributed by atoms with Gasteiger partial charge in [-0.25, -0.2) is 0 Å². The van der Waals surface area contributed by atoms with Gasteiger partial charge in [0.1, 0.15) is 48.8 Å². The van der Waals surface area contributed by atoms with Crippen molar-refractivity contribution < 1.29 is 94.5 Å². The van der Waals surface area contributed by atoms with Gasteiger partial charge in [-0.1, -0.05) is 103 Å². The summed E-state index contributed by atoms with van der Waals surface area (Å²) in [6, 6.07) is 6.77. The Kier molecular flexibility index (Phi) is 25.2. The van der Waals surface area contributed by atoms with Crippen LogP contribution < -0.4 is 40.0 Å². The van der Waals surface area contributed by atoms with Crippen LogP contribution in [0.2, 0.25) is 0 Å². The SMILES string of the molecule is CCCCCCCCCCCCCCCCNc1ccc(C(=O)[O-])cc1.OC[C@H]1O[C@@H](O[C@H]2[C@H](O)[C@@H](O)C(O)O[C@@H]2CO)[C@H](O)[C@@H](O)[C@H]1O.[Na+]. The summed E-state index contributed by atoms with van der Waals surface area (Å²) in [6.45, 7) is 1.88. The zero-order chi connectivity index (χ0) is 36.2. The van der Waals surface area contributed by atoms with Crippen LogP contribution in [0, 0.1) is 0 Å². The number of carbonyl (C=O) groups is 1. The quantitative estimate of drug-likeness (QED) is 0.0473. The molecular weight excluding hydrogens is 665 g/mol. The third kappa shape index (κ3) is 16.4. The zero-order valence-electron chi connectivity index (χ0n) is 29.7. The third-order valence-electron chi connectivity index (χ3n) is 8.96. The molecule has 1 unspecified atom stereocenters. The summed E-state index contributed by atoms with van der Waals surface area (Å²) >= 11 is 0. The van der Waals surface area contributed by atoms with E-state index in [4.69, 9.17) is 19.3 Å². The molecular formula is C35H60NNaO13. The Bertz CT molecular complexity index is 1010. The average molecular weight is 726 g/mol. The standard InChI is InChI=1S/C23H39NO2.C12H22O11.Na/c1-2-3-4-5-6-7-8-9-10-11-12-13-14-15-20-24-22-18-16-21(17-19-22)23(25)26;13-1-3-5(15)6(16)9(19)12(22-3)23-10-4(2-14)21-11(20)8(18)7(10)17;/h16-19,24H,2-15,20H2,1H3,(H,25,26);3-20H,1-2H2;/q;;+1/p-1/t;3-,4-,5+,6+,7-,8-,9-,10-,11?,12+;/m.1./s1. The number of carboxylic acids is 1. The maximum atomic E-state index is 10.7. The fraction of sp³-hybridized carbons (Fsp3) is 0.800. The molecule has 2 aliphatic rings. The van der Waals surface area contributed by atoms with Crippen molar-refractivity contribution in [2.45, 2.75) is 158 Å². The maximum absolute atomic E-state index is 10.7. The summed E-state index contributed by atoms with van der Waals surface area (Å²) in [6.07, 6.45) is 3.63. The van der Waals surface area contributed by atoms with Gasteiger partial charge in [-0.15, -0.1) is 0 Å². The molecule has 284 valence electrons. The van der Waals surface area contributed by atoms with Crippen molar-refractivity contribution in [1.29, 1.82) is 0 Å². The molecule has 1 aromatic carbocycles. The summed E-state index contributed by atoms with van der Waals surface area (Å²) in [4.78, 5) is 10.7. The molecule has 15 heteroatoms. The van der Waals surface area contributed by atoms with Crippen molar-refractivity contribution in [2.75, 3.05) is 25.1 Å². The number of carbonyl (C=O) groups excluding carboxylic acids is 1. The first-order valence-electron chi connectivity index (χ1n) is 17.9. The first-order chi connectivity index (χ1) is 23.5. The van der Waals surface area contributed by atoms with Crippen LogP contribution in [0.3, 0.4) is 0 Å². The molecule has 2 fully saturated rings. The molecule has 0 spiro atoms. The Labute approximate surface area is 318 Å². The monoisotopic (exact) mass is 725 g/mol. The van der Waals surface area contributed by atoms with Gasteiger partial charge in [0.05, 0.1) is 19.2 Å². The normalized spacial score (nSPS) is 29.4. The van der Waals surface area contributed by atoms with Crippen LogP contribution in [-0.4, -0.2) is 128 Å². The number of rotatable bonds is 21. The van der Waals surface area contributed by atoms with E-state index in [9.17, 15) is 45.6 Å². The molecule has 3 rings (SSSR count). The van der Waals surface area contributed by atoms with Gasteiger partial charge < -0.3 is 70.3 Å². The number of benzene rings is 1. The minimum atomic E-state index is -1.74. The van der Waals surface area contributed by atoms with Gasteiger partial charge in [0.2, 0.25) is 0 Å². The molecule has 9 N–H and O–H groups in total. The first kappa shape index (κ1) is 47.1. The predicted octanol–water partition coefficient (Wildman–Crippen LogP) is -2.45. The van der Waals surface area contributed by atoms with E-state index in [1.165, 1.54) is 89.9 Å². The minimum Gasteiger partial charge on any atom is -0.545 e. The molecule has 0 bridgehead atoms. The van der Waals surface area contributed by atoms with Gasteiger partial charge in [0.15, 0.2) is 12.6 Å². The zero-order valence-corrected chi connectivity index (χ0v) is 31.7. The number of aliphatic hydroxyl groups excluding tert-OH is 8. The van der Waals surface area contributed by atoms with E-state index in [1.807, 2.05) is 0 Å². The number of nitrogens with one attached hydrogen (secondary N) is 1. The molecule has 14 nitrogen and oxygen atoms in total. The summed E-state index contributed by atoms with van der Waals surface area (Å²) in [7, 11) is 0. The summed E-state index contributed by atoms with van der Waals surface area (Å²) in [5, 5.41) is 90.5. The first-order valence-corrected chi connectivity index (χ1v) is 17.9. The van der Waals surface area contributed by atoms with Crippen LogP contribution >= 0.6 is 0 Å². The van der Waals surface area contributed by atoms with E-state index < -0.39 is 80.6 Å².